The molecule has 0 radical (unpaired) electrons. The van der Waals surface area contributed by atoms with Crippen molar-refractivity contribution in [3.05, 3.63) is 69.7 Å². The zero-order valence-electron chi connectivity index (χ0n) is 13.5. The van der Waals surface area contributed by atoms with E-state index in [0.717, 1.165) is 0 Å². The van der Waals surface area contributed by atoms with Crippen molar-refractivity contribution < 1.29 is 9.18 Å². The number of aromatic amines is 1. The second-order valence-electron chi connectivity index (χ2n) is 5.60. The molecule has 0 fully saturated rings. The van der Waals surface area contributed by atoms with Crippen molar-refractivity contribution in [1.82, 2.24) is 19.9 Å². The molecule has 130 valence electrons. The molecular formula is C17H15Cl2FN4O. The van der Waals surface area contributed by atoms with Crippen LogP contribution < -0.4 is 5.32 Å². The van der Waals surface area contributed by atoms with Crippen LogP contribution in [0, 0.1) is 12.7 Å². The molecule has 1 aromatic carbocycles. The van der Waals surface area contributed by atoms with Crippen LogP contribution in [-0.2, 0) is 0 Å². The third-order valence-corrected chi connectivity index (χ3v) is 4.57. The van der Waals surface area contributed by atoms with Crippen molar-refractivity contribution in [3.8, 4) is 5.69 Å². The fraction of sp³-hybridized carbons (Fsp3) is 0.176. The van der Waals surface area contributed by atoms with Crippen LogP contribution in [0.3, 0.4) is 0 Å². The van der Waals surface area contributed by atoms with E-state index in [2.05, 4.69) is 15.3 Å². The van der Waals surface area contributed by atoms with Crippen LogP contribution in [0.25, 0.3) is 5.69 Å². The second kappa shape index (κ2) is 6.90. The summed E-state index contributed by atoms with van der Waals surface area (Å²) in [5.41, 5.74) is 1.28. The molecule has 0 bridgehead atoms. The lowest BCUT2D eigenvalue weighted by Gasteiger charge is -2.15. The summed E-state index contributed by atoms with van der Waals surface area (Å²) in [7, 11) is 0. The summed E-state index contributed by atoms with van der Waals surface area (Å²) in [6.07, 6.45) is 3.30. The standard InChI is InChI=1S/C17H15Cl2FN4O/c1-9(22-17(25)14-8-12(18)16(19)23-14)11-3-4-15(13(20)7-11)24-6-5-21-10(24)2/h3-9,23H,1-2H3,(H,22,25)/t9-/m1/s1. The molecule has 3 aromatic rings. The molecule has 0 aliphatic rings. The molecule has 8 heteroatoms. The third kappa shape index (κ3) is 3.55. The Morgan fingerprint density at radius 2 is 2.12 bits per heavy atom. The van der Waals surface area contributed by atoms with Crippen molar-refractivity contribution in [2.45, 2.75) is 19.9 Å². The summed E-state index contributed by atoms with van der Waals surface area (Å²) in [5.74, 6) is -0.0876. The van der Waals surface area contributed by atoms with Gasteiger partial charge in [-0.1, -0.05) is 29.3 Å². The second-order valence-corrected chi connectivity index (χ2v) is 6.38. The fourth-order valence-electron chi connectivity index (χ4n) is 2.50. The minimum Gasteiger partial charge on any atom is -0.344 e. The molecule has 2 heterocycles. The summed E-state index contributed by atoms with van der Waals surface area (Å²) in [6, 6.07) is 5.86. The quantitative estimate of drug-likeness (QED) is 0.702. The van der Waals surface area contributed by atoms with Crippen LogP contribution in [0.1, 0.15) is 34.8 Å². The van der Waals surface area contributed by atoms with Crippen LogP contribution in [0.4, 0.5) is 4.39 Å². The molecule has 1 amide bonds. The first kappa shape index (κ1) is 17.5. The van der Waals surface area contributed by atoms with Crippen LogP contribution in [0.5, 0.6) is 0 Å². The first-order valence-electron chi connectivity index (χ1n) is 7.51. The number of rotatable bonds is 4. The Balaban J connectivity index is 1.78. The normalized spacial score (nSPS) is 12.2. The zero-order valence-corrected chi connectivity index (χ0v) is 15.0. The molecule has 1 atom stereocenters. The van der Waals surface area contributed by atoms with Gasteiger partial charge in [0.15, 0.2) is 0 Å². The highest BCUT2D eigenvalue weighted by molar-refractivity contribution is 6.41. The predicted molar refractivity (Wildman–Crippen MR) is 95.0 cm³/mol. The first-order chi connectivity index (χ1) is 11.9. The molecule has 0 spiro atoms. The number of benzene rings is 1. The van der Waals surface area contributed by atoms with Crippen molar-refractivity contribution in [2.24, 2.45) is 0 Å². The van der Waals surface area contributed by atoms with E-state index in [1.807, 2.05) is 0 Å². The highest BCUT2D eigenvalue weighted by Crippen LogP contribution is 2.23. The maximum Gasteiger partial charge on any atom is 0.268 e. The van der Waals surface area contributed by atoms with E-state index >= 15 is 0 Å². The van der Waals surface area contributed by atoms with Gasteiger partial charge in [-0.05, 0) is 37.6 Å². The highest BCUT2D eigenvalue weighted by atomic mass is 35.5. The number of hydrogen-bond donors (Lipinski definition) is 2. The molecule has 5 nitrogen and oxygen atoms in total. The molecule has 0 saturated carbocycles. The van der Waals surface area contributed by atoms with Gasteiger partial charge < -0.3 is 14.9 Å². The van der Waals surface area contributed by atoms with Gasteiger partial charge in [-0.15, -0.1) is 0 Å². The summed E-state index contributed by atoms with van der Waals surface area (Å²) < 4.78 is 16.1. The molecule has 25 heavy (non-hydrogen) atoms. The molecule has 3 rings (SSSR count). The lowest BCUT2D eigenvalue weighted by atomic mass is 10.1. The van der Waals surface area contributed by atoms with E-state index in [4.69, 9.17) is 23.2 Å². The number of hydrogen-bond acceptors (Lipinski definition) is 2. The number of carbonyl (C=O) groups is 1. The Hall–Kier alpha value is -2.31. The largest absolute Gasteiger partial charge is 0.344 e. The average Bonchev–Trinajstić information content (AvgIpc) is 3.13. The molecule has 2 aromatic heterocycles. The zero-order chi connectivity index (χ0) is 18.1. The minimum absolute atomic E-state index is 0.200. The molecule has 2 N–H and O–H groups in total. The molecule has 0 saturated heterocycles. The number of nitrogens with zero attached hydrogens (tertiary/aromatic N) is 2. The van der Waals surface area contributed by atoms with Gasteiger partial charge in [-0.2, -0.15) is 0 Å². The van der Waals surface area contributed by atoms with Gasteiger partial charge in [-0.3, -0.25) is 4.79 Å². The van der Waals surface area contributed by atoms with Gasteiger partial charge in [0.1, 0.15) is 22.5 Å². The van der Waals surface area contributed by atoms with Gasteiger partial charge in [0, 0.05) is 12.4 Å². The Labute approximate surface area is 153 Å². The van der Waals surface area contributed by atoms with Crippen molar-refractivity contribution in [3.63, 3.8) is 0 Å². The van der Waals surface area contributed by atoms with Crippen molar-refractivity contribution in [1.29, 1.82) is 0 Å². The van der Waals surface area contributed by atoms with Crippen molar-refractivity contribution >= 4 is 29.1 Å². The van der Waals surface area contributed by atoms with Crippen LogP contribution in [0.15, 0.2) is 36.7 Å². The number of nitrogens with one attached hydrogen (secondary N) is 2. The first-order valence-corrected chi connectivity index (χ1v) is 8.27. The summed E-state index contributed by atoms with van der Waals surface area (Å²) in [4.78, 5) is 19.0. The third-order valence-electron chi connectivity index (χ3n) is 3.87. The smallest absolute Gasteiger partial charge is 0.268 e. The highest BCUT2D eigenvalue weighted by Gasteiger charge is 2.16. The van der Waals surface area contributed by atoms with Gasteiger partial charge in [-0.25, -0.2) is 9.37 Å². The SMILES string of the molecule is Cc1nccn1-c1ccc([C@@H](C)NC(=O)c2cc(Cl)c(Cl)[nH]2)cc1F. The van der Waals surface area contributed by atoms with Crippen molar-refractivity contribution in [2.75, 3.05) is 0 Å². The number of carbonyl (C=O) groups excluding carboxylic acids is 1. The fourth-order valence-corrected chi connectivity index (χ4v) is 2.82. The topological polar surface area (TPSA) is 62.7 Å². The number of amides is 1. The average molecular weight is 381 g/mol. The van der Waals surface area contributed by atoms with Gasteiger partial charge in [0.05, 0.1) is 16.8 Å². The van der Waals surface area contributed by atoms with E-state index in [9.17, 15) is 9.18 Å². The molecule has 0 unspecified atom stereocenters. The Kier molecular flexibility index (Phi) is 4.83. The molecular weight excluding hydrogens is 366 g/mol. The number of imidazole rings is 1. The van der Waals surface area contributed by atoms with Gasteiger partial charge >= 0.3 is 0 Å². The van der Waals surface area contributed by atoms with E-state index < -0.39 is 11.9 Å². The monoisotopic (exact) mass is 380 g/mol. The lowest BCUT2D eigenvalue weighted by Crippen LogP contribution is -2.27. The molecule has 0 aliphatic carbocycles. The lowest BCUT2D eigenvalue weighted by molar-refractivity contribution is 0.0935. The number of H-pyrrole nitrogens is 1. The van der Waals surface area contributed by atoms with Crippen LogP contribution in [-0.4, -0.2) is 20.4 Å². The Morgan fingerprint density at radius 3 is 2.68 bits per heavy atom. The van der Waals surface area contributed by atoms with Crippen LogP contribution in [0.2, 0.25) is 10.2 Å². The van der Waals surface area contributed by atoms with E-state index in [-0.39, 0.29) is 21.8 Å². The Bertz CT molecular complexity index is 915. The van der Waals surface area contributed by atoms with Crippen LogP contribution >= 0.6 is 23.2 Å². The Morgan fingerprint density at radius 1 is 1.36 bits per heavy atom. The summed E-state index contributed by atoms with van der Waals surface area (Å²) in [5, 5.41) is 3.24. The number of aromatic nitrogens is 3. The van der Waals surface area contributed by atoms with E-state index in [1.165, 1.54) is 12.1 Å². The van der Waals surface area contributed by atoms with E-state index in [0.29, 0.717) is 17.1 Å². The number of halogens is 3. The van der Waals surface area contributed by atoms with Gasteiger partial charge in [0.2, 0.25) is 0 Å². The summed E-state index contributed by atoms with van der Waals surface area (Å²) in [6.45, 7) is 3.56. The van der Waals surface area contributed by atoms with Gasteiger partial charge in [0.25, 0.3) is 5.91 Å². The maximum atomic E-state index is 14.5. The predicted octanol–water partition coefficient (Wildman–Crippen LogP) is 4.45. The summed E-state index contributed by atoms with van der Waals surface area (Å²) >= 11 is 11.6. The van der Waals surface area contributed by atoms with E-state index in [1.54, 1.807) is 42.9 Å². The molecule has 0 aliphatic heterocycles. The minimum atomic E-state index is -0.402. The number of aryl methyl sites for hydroxylation is 1. The maximum absolute atomic E-state index is 14.5.